The molecule has 0 saturated carbocycles. The van der Waals surface area contributed by atoms with Crippen LogP contribution in [0.3, 0.4) is 0 Å². The Kier molecular flexibility index (Phi) is 4.57. The maximum atomic E-state index is 14.4. The number of halogens is 1. The lowest BCUT2D eigenvalue weighted by Crippen LogP contribution is -2.01. The van der Waals surface area contributed by atoms with Gasteiger partial charge < -0.3 is 9.84 Å². The second-order valence-electron chi connectivity index (χ2n) is 5.27. The Labute approximate surface area is 139 Å². The number of ether oxygens (including phenoxy) is 1. The predicted octanol–water partition coefficient (Wildman–Crippen LogP) is 4.77. The van der Waals surface area contributed by atoms with Gasteiger partial charge in [-0.05, 0) is 29.3 Å². The Balaban J connectivity index is 1.86. The summed E-state index contributed by atoms with van der Waals surface area (Å²) in [5.74, 6) is -1.44. The minimum absolute atomic E-state index is 0.236. The van der Waals surface area contributed by atoms with Crippen molar-refractivity contribution >= 4 is 5.97 Å². The molecule has 0 aliphatic carbocycles. The van der Waals surface area contributed by atoms with Gasteiger partial charge in [0.1, 0.15) is 18.2 Å². The molecular formula is C20H15FO3. The van der Waals surface area contributed by atoms with Crippen molar-refractivity contribution in [3.05, 3.63) is 89.7 Å². The molecule has 0 aliphatic heterocycles. The van der Waals surface area contributed by atoms with E-state index >= 15 is 0 Å². The van der Waals surface area contributed by atoms with Gasteiger partial charge in [-0.3, -0.25) is 0 Å². The Morgan fingerprint density at radius 1 is 0.958 bits per heavy atom. The molecule has 0 fully saturated rings. The standard InChI is InChI=1S/C20H15FO3/c21-19-17(10-5-11-18(19)20(22)23)15-8-4-9-16(12-15)24-13-14-6-2-1-3-7-14/h1-12H,13H2,(H,22,23). The molecule has 4 heteroatoms. The van der Waals surface area contributed by atoms with Gasteiger partial charge in [0.25, 0.3) is 0 Å². The van der Waals surface area contributed by atoms with E-state index in [-0.39, 0.29) is 11.1 Å². The summed E-state index contributed by atoms with van der Waals surface area (Å²) in [7, 11) is 0. The van der Waals surface area contributed by atoms with Gasteiger partial charge in [0.15, 0.2) is 0 Å². The highest BCUT2D eigenvalue weighted by Gasteiger charge is 2.15. The van der Waals surface area contributed by atoms with Gasteiger partial charge in [-0.15, -0.1) is 0 Å². The fourth-order valence-corrected chi connectivity index (χ4v) is 2.41. The van der Waals surface area contributed by atoms with Crippen molar-refractivity contribution in [1.82, 2.24) is 0 Å². The molecule has 120 valence electrons. The van der Waals surface area contributed by atoms with Crippen molar-refractivity contribution < 1.29 is 19.0 Å². The van der Waals surface area contributed by atoms with E-state index in [4.69, 9.17) is 9.84 Å². The van der Waals surface area contributed by atoms with Crippen molar-refractivity contribution in [2.24, 2.45) is 0 Å². The van der Waals surface area contributed by atoms with Gasteiger partial charge in [0.05, 0.1) is 5.56 Å². The van der Waals surface area contributed by atoms with E-state index in [2.05, 4.69) is 0 Å². The van der Waals surface area contributed by atoms with Crippen molar-refractivity contribution in [3.63, 3.8) is 0 Å². The quantitative estimate of drug-likeness (QED) is 0.736. The molecule has 3 rings (SSSR count). The molecular weight excluding hydrogens is 307 g/mol. The van der Waals surface area contributed by atoms with E-state index in [0.717, 1.165) is 5.56 Å². The number of rotatable bonds is 5. The molecule has 0 spiro atoms. The molecule has 24 heavy (non-hydrogen) atoms. The molecule has 0 bridgehead atoms. The van der Waals surface area contributed by atoms with Crippen LogP contribution in [0.15, 0.2) is 72.8 Å². The molecule has 3 nitrogen and oxygen atoms in total. The number of hydrogen-bond donors (Lipinski definition) is 1. The molecule has 3 aromatic rings. The highest BCUT2D eigenvalue weighted by molar-refractivity contribution is 5.90. The number of carboxylic acids is 1. The summed E-state index contributed by atoms with van der Waals surface area (Å²) >= 11 is 0. The Hall–Kier alpha value is -3.14. The van der Waals surface area contributed by atoms with Gasteiger partial charge in [0, 0.05) is 5.56 Å². The van der Waals surface area contributed by atoms with Crippen LogP contribution in [0.25, 0.3) is 11.1 Å². The largest absolute Gasteiger partial charge is 0.489 e. The summed E-state index contributed by atoms with van der Waals surface area (Å²) in [6, 6.07) is 21.0. The lowest BCUT2D eigenvalue weighted by molar-refractivity contribution is 0.0692. The third kappa shape index (κ3) is 3.43. The summed E-state index contributed by atoms with van der Waals surface area (Å²) in [6.45, 7) is 0.405. The third-order valence-electron chi connectivity index (χ3n) is 3.62. The second kappa shape index (κ2) is 6.96. The van der Waals surface area contributed by atoms with Gasteiger partial charge >= 0.3 is 5.97 Å². The van der Waals surface area contributed by atoms with Gasteiger partial charge in [-0.25, -0.2) is 9.18 Å². The van der Waals surface area contributed by atoms with Crippen LogP contribution < -0.4 is 4.74 Å². The first kappa shape index (κ1) is 15.7. The molecule has 0 amide bonds. The first-order valence-corrected chi connectivity index (χ1v) is 7.44. The van der Waals surface area contributed by atoms with Crippen LogP contribution in [0.4, 0.5) is 4.39 Å². The van der Waals surface area contributed by atoms with E-state index in [9.17, 15) is 9.18 Å². The molecule has 0 aromatic heterocycles. The summed E-state index contributed by atoms with van der Waals surface area (Å²) in [4.78, 5) is 11.1. The van der Waals surface area contributed by atoms with E-state index in [1.165, 1.54) is 12.1 Å². The average molecular weight is 322 g/mol. The molecule has 0 aliphatic rings. The summed E-state index contributed by atoms with van der Waals surface area (Å²) in [5, 5.41) is 9.04. The molecule has 0 atom stereocenters. The minimum atomic E-state index is -1.29. The third-order valence-corrected chi connectivity index (χ3v) is 3.62. The van der Waals surface area contributed by atoms with Crippen molar-refractivity contribution in [3.8, 4) is 16.9 Å². The normalized spacial score (nSPS) is 10.4. The van der Waals surface area contributed by atoms with Crippen LogP contribution in [0.1, 0.15) is 15.9 Å². The molecule has 0 unspecified atom stereocenters. The first-order valence-electron chi connectivity index (χ1n) is 7.44. The average Bonchev–Trinajstić information content (AvgIpc) is 2.61. The zero-order chi connectivity index (χ0) is 16.9. The fourth-order valence-electron chi connectivity index (χ4n) is 2.41. The van der Waals surface area contributed by atoms with Crippen LogP contribution in [-0.4, -0.2) is 11.1 Å². The van der Waals surface area contributed by atoms with Gasteiger partial charge in [-0.2, -0.15) is 0 Å². The van der Waals surface area contributed by atoms with Crippen LogP contribution in [0.2, 0.25) is 0 Å². The fraction of sp³-hybridized carbons (Fsp3) is 0.0500. The number of benzene rings is 3. The lowest BCUT2D eigenvalue weighted by atomic mass is 10.0. The molecule has 0 radical (unpaired) electrons. The summed E-state index contributed by atoms with van der Waals surface area (Å²) in [5.41, 5.74) is 1.49. The van der Waals surface area contributed by atoms with Gasteiger partial charge in [-0.1, -0.05) is 54.6 Å². The minimum Gasteiger partial charge on any atom is -0.489 e. The van der Waals surface area contributed by atoms with E-state index in [1.54, 1.807) is 30.3 Å². The zero-order valence-corrected chi connectivity index (χ0v) is 12.8. The first-order chi connectivity index (χ1) is 11.6. The van der Waals surface area contributed by atoms with E-state index in [0.29, 0.717) is 17.9 Å². The lowest BCUT2D eigenvalue weighted by Gasteiger charge is -2.10. The van der Waals surface area contributed by atoms with E-state index < -0.39 is 11.8 Å². The van der Waals surface area contributed by atoms with Crippen LogP contribution >= 0.6 is 0 Å². The van der Waals surface area contributed by atoms with Crippen molar-refractivity contribution in [2.45, 2.75) is 6.61 Å². The Morgan fingerprint density at radius 3 is 2.46 bits per heavy atom. The number of carbonyl (C=O) groups is 1. The van der Waals surface area contributed by atoms with Crippen molar-refractivity contribution in [1.29, 1.82) is 0 Å². The predicted molar refractivity (Wildman–Crippen MR) is 89.6 cm³/mol. The van der Waals surface area contributed by atoms with E-state index in [1.807, 2.05) is 30.3 Å². The molecule has 3 aromatic carbocycles. The van der Waals surface area contributed by atoms with Crippen LogP contribution in [0.5, 0.6) is 5.75 Å². The Bertz CT molecular complexity index is 860. The topological polar surface area (TPSA) is 46.5 Å². The Morgan fingerprint density at radius 2 is 1.71 bits per heavy atom. The maximum Gasteiger partial charge on any atom is 0.338 e. The van der Waals surface area contributed by atoms with Gasteiger partial charge in [0.2, 0.25) is 0 Å². The number of hydrogen-bond acceptors (Lipinski definition) is 2. The SMILES string of the molecule is O=C(O)c1cccc(-c2cccc(OCc3ccccc3)c2)c1F. The second-order valence-corrected chi connectivity index (χ2v) is 5.27. The number of carboxylic acid groups (broad SMARTS) is 1. The van der Waals surface area contributed by atoms with Crippen molar-refractivity contribution in [2.75, 3.05) is 0 Å². The highest BCUT2D eigenvalue weighted by atomic mass is 19.1. The number of aromatic carboxylic acids is 1. The smallest absolute Gasteiger partial charge is 0.338 e. The molecule has 1 N–H and O–H groups in total. The molecule has 0 heterocycles. The highest BCUT2D eigenvalue weighted by Crippen LogP contribution is 2.28. The molecule has 0 saturated heterocycles. The summed E-state index contributed by atoms with van der Waals surface area (Å²) in [6.07, 6.45) is 0. The maximum absolute atomic E-state index is 14.4. The summed E-state index contributed by atoms with van der Waals surface area (Å²) < 4.78 is 20.1. The zero-order valence-electron chi connectivity index (χ0n) is 12.8. The van der Waals surface area contributed by atoms with Crippen LogP contribution in [0, 0.1) is 5.82 Å². The van der Waals surface area contributed by atoms with Crippen LogP contribution in [-0.2, 0) is 6.61 Å². The monoisotopic (exact) mass is 322 g/mol.